The first-order chi connectivity index (χ1) is 20.8. The van der Waals surface area contributed by atoms with Gasteiger partial charge >= 0.3 is 114 Å². The van der Waals surface area contributed by atoms with E-state index in [1.807, 2.05) is 62.3 Å². The summed E-state index contributed by atoms with van der Waals surface area (Å²) in [7, 11) is 4.83. The number of Topliss-reactive ketones (excluding diaryl/α,β-unsaturated/α-hetero) is 2. The van der Waals surface area contributed by atoms with Gasteiger partial charge in [-0.25, -0.2) is 0 Å². The number of halogens is 5. The normalized spacial score (nSPS) is 18.7. The molecule has 4 nitrogen and oxygen atoms in total. The number of hydrogen-bond donors (Lipinski definition) is 0. The Labute approximate surface area is 353 Å². The van der Waals surface area contributed by atoms with Gasteiger partial charge in [0.2, 0.25) is 0 Å². The fourth-order valence-electron chi connectivity index (χ4n) is 4.14. The van der Waals surface area contributed by atoms with Gasteiger partial charge in [0, 0.05) is 37.3 Å². The molecule has 0 aromatic rings. The predicted octanol–water partition coefficient (Wildman–Crippen LogP) is 14.8. The monoisotopic (exact) mass is 1280 g/mol. The molecule has 0 aliphatic carbocycles. The zero-order valence-corrected chi connectivity index (χ0v) is 45.1. The van der Waals surface area contributed by atoms with E-state index in [4.69, 9.17) is 0 Å². The van der Waals surface area contributed by atoms with Gasteiger partial charge < -0.3 is 9.80 Å². The Morgan fingerprint density at radius 1 is 0.778 bits per heavy atom. The first kappa shape index (κ1) is 67.2. The first-order valence-electron chi connectivity index (χ1n) is 17.0. The Bertz CT molecular complexity index is 536. The van der Waals surface area contributed by atoms with Crippen LogP contribution >= 0.6 is 99.9 Å². The molecule has 2 saturated heterocycles. The summed E-state index contributed by atoms with van der Waals surface area (Å²) in [6.07, 6.45) is 11.1. The zero-order valence-electron chi connectivity index (χ0n) is 31.5. The molecular formula is C34H78I5N2O2V2. The van der Waals surface area contributed by atoms with E-state index in [1.165, 1.54) is 32.1 Å². The Kier molecular flexibility index (Phi) is 85.8. The summed E-state index contributed by atoms with van der Waals surface area (Å²) in [5.74, 6) is 1.17. The van der Waals surface area contributed by atoms with Gasteiger partial charge in [-0.3, -0.25) is 9.59 Å². The molecule has 0 aromatic heterocycles. The van der Waals surface area contributed by atoms with Gasteiger partial charge in [0.1, 0.15) is 11.6 Å². The molecule has 0 aromatic carbocycles. The van der Waals surface area contributed by atoms with Crippen LogP contribution in [0.1, 0.15) is 162 Å². The van der Waals surface area contributed by atoms with Crippen molar-refractivity contribution in [2.24, 2.45) is 11.3 Å². The molecule has 0 amide bonds. The summed E-state index contributed by atoms with van der Waals surface area (Å²) >= 11 is 12.1. The fourth-order valence-corrected chi connectivity index (χ4v) is 4.14. The van der Waals surface area contributed by atoms with Crippen molar-refractivity contribution in [1.29, 1.82) is 0 Å². The summed E-state index contributed by atoms with van der Waals surface area (Å²) in [6.45, 7) is 30.8. The van der Waals surface area contributed by atoms with E-state index in [1.54, 1.807) is 0 Å². The molecule has 45 heavy (non-hydrogen) atoms. The van der Waals surface area contributed by atoms with E-state index in [0.29, 0.717) is 21.0 Å². The van der Waals surface area contributed by atoms with Crippen molar-refractivity contribution in [3.05, 3.63) is 0 Å². The van der Waals surface area contributed by atoms with Crippen LogP contribution in [0.25, 0.3) is 0 Å². The standard InChI is InChI=1S/C12H23NO.C8H15NO.C5H12.4C2H6.CH4.5HI.2V/c1-4-5-8-12(2)10-13(3)9-6-7-11(12)14;1-7-6-9(2)5-3-4-8(7)10;1-3-5-4-2;4*1-2;;;;;;;;/h4-10H2,1-3H3;7H,3-6H2,1-2H3;3-5H2,1-2H3;4*1-2H3;1H4;5*1H;;/q;;;;;;;;;;;;;+2;+3/p-5. The first-order valence-corrected chi connectivity index (χ1v) is 39.5. The number of ketones is 2. The summed E-state index contributed by atoms with van der Waals surface area (Å²) in [6, 6.07) is 0. The maximum atomic E-state index is 12.0. The molecule has 2 atom stereocenters. The summed E-state index contributed by atoms with van der Waals surface area (Å²) in [5.41, 5.74) is -0.0682. The van der Waals surface area contributed by atoms with Gasteiger partial charge in [0.25, 0.3) is 0 Å². The van der Waals surface area contributed by atoms with Crippen LogP contribution in [0.5, 0.6) is 0 Å². The van der Waals surface area contributed by atoms with Crippen LogP contribution < -0.4 is 0 Å². The predicted molar refractivity (Wildman–Crippen MR) is 248 cm³/mol. The van der Waals surface area contributed by atoms with E-state index < -0.39 is 0 Å². The average Bonchev–Trinajstić information content (AvgIpc) is 3.23. The summed E-state index contributed by atoms with van der Waals surface area (Å²) < 4.78 is 0. The van der Waals surface area contributed by atoms with Crippen LogP contribution in [0.4, 0.5) is 0 Å². The minimum atomic E-state index is -0.278. The van der Waals surface area contributed by atoms with Crippen molar-refractivity contribution in [2.75, 3.05) is 40.3 Å². The fraction of sp³-hybridized carbons (Fsp3) is 0.941. The molecule has 0 radical (unpaired) electrons. The summed E-state index contributed by atoms with van der Waals surface area (Å²) in [5, 5.41) is 0. The van der Waals surface area contributed by atoms with Crippen LogP contribution in [0.15, 0.2) is 0 Å². The Morgan fingerprint density at radius 3 is 1.49 bits per heavy atom. The van der Waals surface area contributed by atoms with Crippen LogP contribution in [0, 0.1) is 11.3 Å². The Hall–Kier alpha value is 4.08. The number of carbonyl (C=O) groups excluding carboxylic acids is 2. The van der Waals surface area contributed by atoms with Crippen molar-refractivity contribution in [3.63, 3.8) is 0 Å². The van der Waals surface area contributed by atoms with Crippen LogP contribution in [0.2, 0.25) is 0 Å². The minimum absolute atomic E-state index is 0. The van der Waals surface area contributed by atoms with Gasteiger partial charge in [0.05, 0.1) is 0 Å². The molecule has 0 saturated carbocycles. The van der Waals surface area contributed by atoms with Crippen molar-refractivity contribution in [1.82, 2.24) is 9.80 Å². The molecule has 2 aliphatic rings. The van der Waals surface area contributed by atoms with Crippen molar-refractivity contribution in [3.8, 4) is 0 Å². The number of carbonyl (C=O) groups is 2. The van der Waals surface area contributed by atoms with E-state index in [0.717, 1.165) is 58.3 Å². The molecule has 281 valence electrons. The topological polar surface area (TPSA) is 40.6 Å². The molecule has 2 rings (SSSR count). The van der Waals surface area contributed by atoms with E-state index in [2.05, 4.69) is 151 Å². The third-order valence-corrected chi connectivity index (χ3v) is 6.12. The van der Waals surface area contributed by atoms with Gasteiger partial charge in [-0.15, -0.1) is 0 Å². The van der Waals surface area contributed by atoms with E-state index in [-0.39, 0.29) is 23.7 Å². The Morgan fingerprint density at radius 2 is 1.13 bits per heavy atom. The molecule has 0 bridgehead atoms. The molecule has 11 heteroatoms. The molecular weight excluding hydrogens is 1200 g/mol. The molecule has 0 N–H and O–H groups in total. The van der Waals surface area contributed by atoms with Gasteiger partial charge in [0.15, 0.2) is 0 Å². The third-order valence-electron chi connectivity index (χ3n) is 6.12. The molecule has 2 heterocycles. The van der Waals surface area contributed by atoms with Crippen LogP contribution in [0.3, 0.4) is 0 Å². The Balaban J connectivity index is -0.0000000648. The second kappa shape index (κ2) is 57.4. The zero-order chi connectivity index (χ0) is 36.6. The summed E-state index contributed by atoms with van der Waals surface area (Å²) in [4.78, 5) is 27.4. The number of rotatable bonds is 5. The van der Waals surface area contributed by atoms with Gasteiger partial charge in [-0.2, -0.15) is 0 Å². The van der Waals surface area contributed by atoms with Crippen LogP contribution in [-0.2, 0) is 24.0 Å². The van der Waals surface area contributed by atoms with E-state index in [9.17, 15) is 9.59 Å². The van der Waals surface area contributed by atoms with Gasteiger partial charge in [-0.1, -0.05) is 130 Å². The maximum absolute atomic E-state index is 12.0. The molecule has 2 aliphatic heterocycles. The molecule has 0 spiro atoms. The SMILES string of the molecule is C.CC.CC.CC.CC.CC1CN(C)CCCC1=O.CCCCC.CCCCC1(C)CN(C)CCCC1=O.[I][V]([I])[I].[I][V][I]. The molecule has 2 unspecified atom stereocenters. The molecule has 2 fully saturated rings. The quantitative estimate of drug-likeness (QED) is 0.257. The average molecular weight is 1280 g/mol. The number of unbranched alkanes of at least 4 members (excludes halogenated alkanes) is 3. The van der Waals surface area contributed by atoms with Gasteiger partial charge in [-0.05, 0) is 46.4 Å². The van der Waals surface area contributed by atoms with Crippen molar-refractivity contribution >= 4 is 111 Å². The second-order valence-corrected chi connectivity index (χ2v) is 56.9. The van der Waals surface area contributed by atoms with Crippen molar-refractivity contribution < 1.29 is 24.0 Å². The van der Waals surface area contributed by atoms with Crippen LogP contribution in [-0.4, -0.2) is 61.6 Å². The number of likely N-dealkylation sites (tertiary alicyclic amines) is 2. The van der Waals surface area contributed by atoms with E-state index >= 15 is 0 Å². The third kappa shape index (κ3) is 57.7. The second-order valence-electron chi connectivity index (χ2n) is 9.77. The number of hydrogen-bond acceptors (Lipinski definition) is 4. The van der Waals surface area contributed by atoms with Crippen molar-refractivity contribution in [2.45, 2.75) is 162 Å². The number of nitrogens with zero attached hydrogens (tertiary/aromatic N) is 2.